The molecule has 0 spiro atoms. The summed E-state index contributed by atoms with van der Waals surface area (Å²) >= 11 is 0. The first-order valence-corrected chi connectivity index (χ1v) is 13.8. The van der Waals surface area contributed by atoms with Crippen molar-refractivity contribution >= 4 is 14.4 Å². The van der Waals surface area contributed by atoms with E-state index < -0.39 is 50.7 Å². The third-order valence-electron chi connectivity index (χ3n) is 7.17. The second-order valence-corrected chi connectivity index (χ2v) is 15.1. The molecule has 2 bridgehead atoms. The van der Waals surface area contributed by atoms with Crippen molar-refractivity contribution in [3.8, 4) is 0 Å². The Morgan fingerprint density at radius 3 is 2.58 bits per heavy atom. The van der Waals surface area contributed by atoms with E-state index >= 15 is 0 Å². The van der Waals surface area contributed by atoms with Crippen LogP contribution in [-0.2, 0) is 18.6 Å². The number of aliphatic hydroxyl groups is 3. The van der Waals surface area contributed by atoms with Gasteiger partial charge in [-0.2, -0.15) is 0 Å². The van der Waals surface area contributed by atoms with E-state index in [2.05, 4.69) is 33.9 Å². The van der Waals surface area contributed by atoms with Gasteiger partial charge in [-0.15, -0.1) is 0 Å². The average Bonchev–Trinajstić information content (AvgIpc) is 3.12. The highest BCUT2D eigenvalue weighted by Crippen LogP contribution is 2.43. The number of rotatable bonds is 5. The van der Waals surface area contributed by atoms with E-state index in [9.17, 15) is 15.3 Å². The van der Waals surface area contributed by atoms with Gasteiger partial charge in [-0.1, -0.05) is 57.2 Å². The van der Waals surface area contributed by atoms with Gasteiger partial charge in [0.05, 0.1) is 13.2 Å². The van der Waals surface area contributed by atoms with Crippen LogP contribution in [0.25, 0.3) is 6.08 Å². The molecule has 172 valence electrons. The molecule has 0 radical (unpaired) electrons. The maximum Gasteiger partial charge on any atom is 0.220 e. The molecule has 2 fully saturated rings. The lowest BCUT2D eigenvalue weighted by Gasteiger charge is -2.46. The smallest absolute Gasteiger partial charge is 0.220 e. The molecule has 31 heavy (non-hydrogen) atoms. The predicted octanol–water partition coefficient (Wildman–Crippen LogP) is 2.37. The minimum Gasteiger partial charge on any atom is -0.411 e. The summed E-state index contributed by atoms with van der Waals surface area (Å²) in [5.74, 6) is -1.40. The van der Waals surface area contributed by atoms with Gasteiger partial charge in [0, 0.05) is 0 Å². The van der Waals surface area contributed by atoms with Crippen molar-refractivity contribution < 1.29 is 34.0 Å². The lowest BCUT2D eigenvalue weighted by molar-refractivity contribution is -0.315. The zero-order chi connectivity index (χ0) is 22.6. The van der Waals surface area contributed by atoms with E-state index in [1.165, 1.54) is 0 Å². The molecule has 7 nitrogen and oxygen atoms in total. The van der Waals surface area contributed by atoms with Crippen LogP contribution < -0.4 is 0 Å². The normalized spacial score (nSPS) is 37.7. The van der Waals surface area contributed by atoms with Gasteiger partial charge in [0.1, 0.15) is 36.6 Å². The Labute approximate surface area is 184 Å². The topological polar surface area (TPSA) is 97.6 Å². The molecule has 0 saturated carbocycles. The Kier molecular flexibility index (Phi) is 5.98. The molecule has 0 aromatic heterocycles. The van der Waals surface area contributed by atoms with Gasteiger partial charge in [0.15, 0.2) is 8.32 Å². The van der Waals surface area contributed by atoms with Gasteiger partial charge < -0.3 is 34.0 Å². The molecule has 0 unspecified atom stereocenters. The first kappa shape index (κ1) is 23.1. The second-order valence-electron chi connectivity index (χ2n) is 10.3. The van der Waals surface area contributed by atoms with E-state index in [1.54, 1.807) is 6.08 Å². The van der Waals surface area contributed by atoms with Crippen LogP contribution in [0.15, 0.2) is 30.3 Å². The molecular formula is C23H34O7Si. The standard InChI is InChI=1S/C23H34O7Si/c1-22(2,3)31(4,5)28-13-23-21(26)20(19(25)17(30-23)12-27-23)29-16-11-10-14-8-6-7-9-15(14)18(16)24/h6-11,16-21,24-26H,12-13H2,1-5H3/t16-,17-,18-,19-,20-,21+,23-/m1/s1. The number of fused-ring (bicyclic) bond motifs is 3. The summed E-state index contributed by atoms with van der Waals surface area (Å²) in [6.07, 6.45) is -1.95. The molecule has 8 heteroatoms. The van der Waals surface area contributed by atoms with Crippen LogP contribution in [-0.4, -0.2) is 73.2 Å². The predicted molar refractivity (Wildman–Crippen MR) is 118 cm³/mol. The highest BCUT2D eigenvalue weighted by molar-refractivity contribution is 6.74. The van der Waals surface area contributed by atoms with Gasteiger partial charge in [-0.05, 0) is 29.3 Å². The number of ether oxygens (including phenoxy) is 3. The molecule has 1 aliphatic carbocycles. The Morgan fingerprint density at radius 1 is 1.16 bits per heavy atom. The Morgan fingerprint density at radius 2 is 1.87 bits per heavy atom. The van der Waals surface area contributed by atoms with Crippen molar-refractivity contribution in [3.05, 3.63) is 41.5 Å². The summed E-state index contributed by atoms with van der Waals surface area (Å²) in [6, 6.07) is 7.53. The summed E-state index contributed by atoms with van der Waals surface area (Å²) in [6.45, 7) is 10.8. The van der Waals surface area contributed by atoms with E-state index in [-0.39, 0.29) is 18.3 Å². The van der Waals surface area contributed by atoms with E-state index in [0.717, 1.165) is 11.1 Å². The maximum absolute atomic E-state index is 11.2. The number of aliphatic hydroxyl groups excluding tert-OH is 3. The molecule has 0 amide bonds. The van der Waals surface area contributed by atoms with Gasteiger partial charge in [-0.25, -0.2) is 0 Å². The van der Waals surface area contributed by atoms with Gasteiger partial charge in [0.2, 0.25) is 5.79 Å². The zero-order valence-electron chi connectivity index (χ0n) is 18.8. The third-order valence-corrected chi connectivity index (χ3v) is 11.6. The van der Waals surface area contributed by atoms with Crippen molar-refractivity contribution in [3.63, 3.8) is 0 Å². The van der Waals surface area contributed by atoms with Crippen molar-refractivity contribution in [1.82, 2.24) is 0 Å². The summed E-state index contributed by atoms with van der Waals surface area (Å²) in [5.41, 5.74) is 1.67. The average molecular weight is 451 g/mol. The quantitative estimate of drug-likeness (QED) is 0.593. The molecule has 3 N–H and O–H groups in total. The van der Waals surface area contributed by atoms with Crippen molar-refractivity contribution in [1.29, 1.82) is 0 Å². The van der Waals surface area contributed by atoms with Gasteiger partial charge >= 0.3 is 0 Å². The minimum atomic E-state index is -2.12. The molecule has 2 heterocycles. The van der Waals surface area contributed by atoms with Crippen molar-refractivity contribution in [2.75, 3.05) is 13.2 Å². The first-order chi connectivity index (χ1) is 14.5. The molecule has 7 atom stereocenters. The van der Waals surface area contributed by atoms with Crippen LogP contribution >= 0.6 is 0 Å². The lowest BCUT2D eigenvalue weighted by Crippen LogP contribution is -2.64. The molecular weight excluding hydrogens is 416 g/mol. The van der Waals surface area contributed by atoms with Crippen LogP contribution in [0.1, 0.15) is 38.0 Å². The third kappa shape index (κ3) is 4.04. The Balaban J connectivity index is 1.52. The molecule has 1 aromatic rings. The monoisotopic (exact) mass is 450 g/mol. The van der Waals surface area contributed by atoms with Gasteiger partial charge in [-0.3, -0.25) is 0 Å². The summed E-state index contributed by atoms with van der Waals surface area (Å²) < 4.78 is 24.2. The highest BCUT2D eigenvalue weighted by Gasteiger charge is 2.61. The Hall–Kier alpha value is -1.10. The zero-order valence-corrected chi connectivity index (χ0v) is 19.8. The lowest BCUT2D eigenvalue weighted by atomic mass is 9.91. The highest BCUT2D eigenvalue weighted by atomic mass is 28.4. The molecule has 4 rings (SSSR count). The number of hydrogen-bond donors (Lipinski definition) is 3. The Bertz CT molecular complexity index is 835. The maximum atomic E-state index is 11.2. The van der Waals surface area contributed by atoms with E-state index in [4.69, 9.17) is 18.6 Å². The van der Waals surface area contributed by atoms with Crippen molar-refractivity contribution in [2.45, 2.75) is 81.3 Å². The summed E-state index contributed by atoms with van der Waals surface area (Å²) in [7, 11) is -2.12. The van der Waals surface area contributed by atoms with Gasteiger partial charge in [0.25, 0.3) is 0 Å². The SMILES string of the molecule is CC(C)(C)[Si](C)(C)OC[C@@]12OC[C@@H](O1)[C@@H](O)[C@@H](O[C@@H]1C=Cc3ccccc3[C@H]1O)[C@@H]2O. The van der Waals surface area contributed by atoms with Crippen molar-refractivity contribution in [2.24, 2.45) is 0 Å². The van der Waals surface area contributed by atoms with Crippen LogP contribution in [0.4, 0.5) is 0 Å². The summed E-state index contributed by atoms with van der Waals surface area (Å²) in [5, 5.41) is 32.8. The molecule has 2 aliphatic heterocycles. The summed E-state index contributed by atoms with van der Waals surface area (Å²) in [4.78, 5) is 0. The van der Waals surface area contributed by atoms with Crippen LogP contribution in [0.3, 0.4) is 0 Å². The number of hydrogen-bond acceptors (Lipinski definition) is 7. The van der Waals surface area contributed by atoms with Crippen LogP contribution in [0.5, 0.6) is 0 Å². The first-order valence-electron chi connectivity index (χ1n) is 10.9. The van der Waals surface area contributed by atoms with Crippen LogP contribution in [0, 0.1) is 0 Å². The fourth-order valence-corrected chi connectivity index (χ4v) is 5.04. The minimum absolute atomic E-state index is 0.0128. The largest absolute Gasteiger partial charge is 0.411 e. The van der Waals surface area contributed by atoms with E-state index in [0.29, 0.717) is 0 Å². The molecule has 3 aliphatic rings. The fourth-order valence-electron chi connectivity index (χ4n) is 4.05. The van der Waals surface area contributed by atoms with E-state index in [1.807, 2.05) is 30.3 Å². The second kappa shape index (κ2) is 8.04. The molecule has 2 saturated heterocycles. The fraction of sp³-hybridized carbons (Fsp3) is 0.652. The van der Waals surface area contributed by atoms with Crippen LogP contribution in [0.2, 0.25) is 18.1 Å². The number of benzene rings is 1. The molecule has 1 aromatic carbocycles.